The van der Waals surface area contributed by atoms with Gasteiger partial charge in [0, 0.05) is 18.3 Å². The fourth-order valence-corrected chi connectivity index (χ4v) is 1.25. The van der Waals surface area contributed by atoms with E-state index >= 15 is 0 Å². The summed E-state index contributed by atoms with van der Waals surface area (Å²) < 4.78 is 0. The molecule has 0 fully saturated rings. The van der Waals surface area contributed by atoms with Crippen molar-refractivity contribution < 1.29 is 0 Å². The predicted octanol–water partition coefficient (Wildman–Crippen LogP) is 2.81. The second-order valence-corrected chi connectivity index (χ2v) is 3.81. The Morgan fingerprint density at radius 2 is 2.20 bits per heavy atom. The smallest absolute Gasteiger partial charge is 0.129 e. The lowest BCUT2D eigenvalue weighted by molar-refractivity contribution is 0.872. The molecular formula is C12H19N3. The molecule has 3 nitrogen and oxygen atoms in total. The lowest BCUT2D eigenvalue weighted by Gasteiger charge is -2.04. The number of anilines is 1. The number of rotatable bonds is 5. The zero-order valence-electron chi connectivity index (χ0n) is 9.75. The van der Waals surface area contributed by atoms with Gasteiger partial charge < -0.3 is 5.32 Å². The molecule has 0 spiro atoms. The molecule has 0 aliphatic rings. The highest BCUT2D eigenvalue weighted by atomic mass is 15.0. The van der Waals surface area contributed by atoms with Crippen molar-refractivity contribution in [2.45, 2.75) is 33.6 Å². The van der Waals surface area contributed by atoms with E-state index in [0.29, 0.717) is 0 Å². The van der Waals surface area contributed by atoms with Crippen LogP contribution in [-0.2, 0) is 6.42 Å². The van der Waals surface area contributed by atoms with Gasteiger partial charge >= 0.3 is 0 Å². The van der Waals surface area contributed by atoms with E-state index in [1.165, 1.54) is 5.57 Å². The molecule has 0 aliphatic carbocycles. The van der Waals surface area contributed by atoms with Crippen LogP contribution in [0.4, 0.5) is 5.82 Å². The maximum Gasteiger partial charge on any atom is 0.129 e. The highest BCUT2D eigenvalue weighted by Crippen LogP contribution is 2.05. The van der Waals surface area contributed by atoms with Crippen molar-refractivity contribution in [1.82, 2.24) is 9.97 Å². The first-order chi connectivity index (χ1) is 7.22. The summed E-state index contributed by atoms with van der Waals surface area (Å²) >= 11 is 0. The van der Waals surface area contributed by atoms with Gasteiger partial charge in [-0.3, -0.25) is 0 Å². The van der Waals surface area contributed by atoms with Gasteiger partial charge in [0.25, 0.3) is 0 Å². The minimum absolute atomic E-state index is 0.824. The van der Waals surface area contributed by atoms with Crippen molar-refractivity contribution >= 4 is 5.82 Å². The maximum absolute atomic E-state index is 4.21. The molecule has 0 aromatic carbocycles. The molecule has 0 amide bonds. The Labute approximate surface area is 91.7 Å². The van der Waals surface area contributed by atoms with Crippen LogP contribution in [0.3, 0.4) is 0 Å². The first-order valence-corrected chi connectivity index (χ1v) is 5.40. The van der Waals surface area contributed by atoms with Crippen LogP contribution in [0.15, 0.2) is 24.0 Å². The van der Waals surface area contributed by atoms with E-state index < -0.39 is 0 Å². The molecule has 1 aromatic rings. The Morgan fingerprint density at radius 1 is 1.40 bits per heavy atom. The van der Waals surface area contributed by atoms with E-state index in [4.69, 9.17) is 0 Å². The summed E-state index contributed by atoms with van der Waals surface area (Å²) in [5.41, 5.74) is 2.41. The van der Waals surface area contributed by atoms with Gasteiger partial charge in [-0.2, -0.15) is 0 Å². The standard InChI is InChI=1S/C12H19N3/c1-4-5-11-8-12(15-9-14-11)13-7-6-10(2)3/h6,8-9H,4-5,7H2,1-3H3,(H,13,14,15). The molecular weight excluding hydrogens is 186 g/mol. The van der Waals surface area contributed by atoms with Crippen molar-refractivity contribution in [1.29, 1.82) is 0 Å². The van der Waals surface area contributed by atoms with Crippen LogP contribution in [0.2, 0.25) is 0 Å². The number of nitrogens with zero attached hydrogens (tertiary/aromatic N) is 2. The first kappa shape index (κ1) is 11.7. The molecule has 1 N–H and O–H groups in total. The third-order valence-corrected chi connectivity index (χ3v) is 2.02. The maximum atomic E-state index is 4.21. The van der Waals surface area contributed by atoms with Gasteiger partial charge in [-0.15, -0.1) is 0 Å². The van der Waals surface area contributed by atoms with E-state index in [9.17, 15) is 0 Å². The zero-order valence-corrected chi connectivity index (χ0v) is 9.75. The Balaban J connectivity index is 2.53. The quantitative estimate of drug-likeness (QED) is 0.751. The second-order valence-electron chi connectivity index (χ2n) is 3.81. The normalized spacial score (nSPS) is 9.80. The van der Waals surface area contributed by atoms with Gasteiger partial charge in [0.2, 0.25) is 0 Å². The van der Waals surface area contributed by atoms with Crippen LogP contribution in [0.5, 0.6) is 0 Å². The van der Waals surface area contributed by atoms with E-state index in [1.807, 2.05) is 6.07 Å². The summed E-state index contributed by atoms with van der Waals surface area (Å²) in [5, 5.41) is 3.25. The van der Waals surface area contributed by atoms with Crippen molar-refractivity contribution in [2.24, 2.45) is 0 Å². The van der Waals surface area contributed by atoms with Gasteiger partial charge in [-0.05, 0) is 20.3 Å². The Bertz CT molecular complexity index is 327. The Kier molecular flexibility index (Phi) is 4.81. The largest absolute Gasteiger partial charge is 0.366 e. The average Bonchev–Trinajstić information content (AvgIpc) is 2.18. The number of hydrogen-bond acceptors (Lipinski definition) is 3. The van der Waals surface area contributed by atoms with E-state index in [2.05, 4.69) is 42.1 Å². The van der Waals surface area contributed by atoms with E-state index in [0.717, 1.165) is 30.9 Å². The van der Waals surface area contributed by atoms with Crippen molar-refractivity contribution in [3.8, 4) is 0 Å². The van der Waals surface area contributed by atoms with Crippen LogP contribution in [0.1, 0.15) is 32.9 Å². The van der Waals surface area contributed by atoms with Crippen molar-refractivity contribution in [3.05, 3.63) is 29.7 Å². The van der Waals surface area contributed by atoms with Crippen molar-refractivity contribution in [3.63, 3.8) is 0 Å². The number of aromatic nitrogens is 2. The molecule has 82 valence electrons. The molecule has 3 heteroatoms. The van der Waals surface area contributed by atoms with Gasteiger partial charge in [-0.1, -0.05) is 25.0 Å². The minimum atomic E-state index is 0.824. The third-order valence-electron chi connectivity index (χ3n) is 2.02. The molecule has 0 saturated heterocycles. The summed E-state index contributed by atoms with van der Waals surface area (Å²) in [7, 11) is 0. The molecule has 0 atom stereocenters. The first-order valence-electron chi connectivity index (χ1n) is 5.40. The number of hydrogen-bond donors (Lipinski definition) is 1. The molecule has 0 aliphatic heterocycles. The Morgan fingerprint density at radius 3 is 2.87 bits per heavy atom. The van der Waals surface area contributed by atoms with Gasteiger partial charge in [0.15, 0.2) is 0 Å². The van der Waals surface area contributed by atoms with Crippen LogP contribution < -0.4 is 5.32 Å². The number of aryl methyl sites for hydroxylation is 1. The van der Waals surface area contributed by atoms with Gasteiger partial charge in [0.1, 0.15) is 12.1 Å². The second kappa shape index (κ2) is 6.17. The monoisotopic (exact) mass is 205 g/mol. The summed E-state index contributed by atoms with van der Waals surface area (Å²) in [6, 6.07) is 2.02. The lowest BCUT2D eigenvalue weighted by Crippen LogP contribution is -2.02. The molecule has 0 unspecified atom stereocenters. The summed E-state index contributed by atoms with van der Waals surface area (Å²) in [4.78, 5) is 8.37. The summed E-state index contributed by atoms with van der Waals surface area (Å²) in [6.07, 6.45) is 5.89. The van der Waals surface area contributed by atoms with E-state index in [1.54, 1.807) is 6.33 Å². The van der Waals surface area contributed by atoms with Gasteiger partial charge in [0.05, 0.1) is 0 Å². The zero-order chi connectivity index (χ0) is 11.1. The highest BCUT2D eigenvalue weighted by Gasteiger charge is 1.96. The average molecular weight is 205 g/mol. The van der Waals surface area contributed by atoms with Crippen LogP contribution in [0.25, 0.3) is 0 Å². The minimum Gasteiger partial charge on any atom is -0.366 e. The lowest BCUT2D eigenvalue weighted by atomic mass is 10.2. The molecule has 0 radical (unpaired) electrons. The molecule has 1 rings (SSSR count). The molecule has 0 saturated carbocycles. The topological polar surface area (TPSA) is 37.8 Å². The Hall–Kier alpha value is -1.38. The van der Waals surface area contributed by atoms with Crippen LogP contribution in [-0.4, -0.2) is 16.5 Å². The molecule has 15 heavy (non-hydrogen) atoms. The number of allylic oxidation sites excluding steroid dienone is 1. The molecule has 1 aromatic heterocycles. The summed E-state index contributed by atoms with van der Waals surface area (Å²) in [5.74, 6) is 0.908. The summed E-state index contributed by atoms with van der Waals surface area (Å²) in [6.45, 7) is 7.15. The van der Waals surface area contributed by atoms with Crippen LogP contribution in [0, 0.1) is 0 Å². The molecule has 0 bridgehead atoms. The molecule has 1 heterocycles. The fraction of sp³-hybridized carbons (Fsp3) is 0.500. The van der Waals surface area contributed by atoms with E-state index in [-0.39, 0.29) is 0 Å². The SMILES string of the molecule is CCCc1cc(NCC=C(C)C)ncn1. The fourth-order valence-electron chi connectivity index (χ4n) is 1.25. The number of nitrogens with one attached hydrogen (secondary N) is 1. The van der Waals surface area contributed by atoms with Crippen LogP contribution >= 0.6 is 0 Å². The van der Waals surface area contributed by atoms with Crippen molar-refractivity contribution in [2.75, 3.05) is 11.9 Å². The third kappa shape index (κ3) is 4.58. The highest BCUT2D eigenvalue weighted by molar-refractivity contribution is 5.35. The predicted molar refractivity (Wildman–Crippen MR) is 63.9 cm³/mol. The van der Waals surface area contributed by atoms with Gasteiger partial charge in [-0.25, -0.2) is 9.97 Å².